The number of hydrogen-bond donors (Lipinski definition) is 1. The molecule has 2 aromatic rings. The van der Waals surface area contributed by atoms with Gasteiger partial charge in [-0.1, -0.05) is 0 Å². The molecule has 1 aliphatic heterocycles. The summed E-state index contributed by atoms with van der Waals surface area (Å²) in [6, 6.07) is 9.73. The lowest BCUT2D eigenvalue weighted by Gasteiger charge is -2.17. The zero-order valence-electron chi connectivity index (χ0n) is 16.2. The van der Waals surface area contributed by atoms with E-state index in [9.17, 15) is 13.2 Å². The van der Waals surface area contributed by atoms with Gasteiger partial charge in [-0.25, -0.2) is 13.8 Å². The van der Waals surface area contributed by atoms with Crippen molar-refractivity contribution in [3.63, 3.8) is 0 Å². The minimum Gasteiger partial charge on any atom is -0.496 e. The lowest BCUT2D eigenvalue weighted by Crippen LogP contribution is -2.36. The molecule has 1 amide bonds. The number of nitrogens with one attached hydrogen (secondary N) is 1. The molecule has 29 heavy (non-hydrogen) atoms. The van der Waals surface area contributed by atoms with Crippen molar-refractivity contribution in [2.45, 2.75) is 11.8 Å². The van der Waals surface area contributed by atoms with E-state index < -0.39 is 15.9 Å². The smallest absolute Gasteiger partial charge is 0.255 e. The maximum Gasteiger partial charge on any atom is 0.255 e. The van der Waals surface area contributed by atoms with Crippen LogP contribution in [-0.2, 0) is 14.8 Å². The first-order valence-electron chi connectivity index (χ1n) is 8.64. The average Bonchev–Trinajstić information content (AvgIpc) is 3.15. The second-order valence-corrected chi connectivity index (χ2v) is 8.34. The summed E-state index contributed by atoms with van der Waals surface area (Å²) >= 11 is 0. The van der Waals surface area contributed by atoms with Gasteiger partial charge in [0.2, 0.25) is 16.8 Å². The molecule has 1 heterocycles. The van der Waals surface area contributed by atoms with Crippen LogP contribution in [0.1, 0.15) is 11.1 Å². The summed E-state index contributed by atoms with van der Waals surface area (Å²) in [6.07, 6.45) is 1.43. The first-order chi connectivity index (χ1) is 13.8. The van der Waals surface area contributed by atoms with Gasteiger partial charge in [-0.15, -0.1) is 0 Å². The van der Waals surface area contributed by atoms with Crippen LogP contribution in [0.5, 0.6) is 17.2 Å². The Bertz CT molecular complexity index is 1050. The van der Waals surface area contributed by atoms with E-state index >= 15 is 0 Å². The number of sulfonamides is 1. The van der Waals surface area contributed by atoms with E-state index in [1.807, 2.05) is 0 Å². The van der Waals surface area contributed by atoms with Gasteiger partial charge in [0.25, 0.3) is 5.91 Å². The van der Waals surface area contributed by atoms with Crippen molar-refractivity contribution in [1.29, 1.82) is 0 Å². The molecule has 154 valence electrons. The van der Waals surface area contributed by atoms with Gasteiger partial charge < -0.3 is 14.2 Å². The number of methoxy groups -OCH3 is 1. The summed E-state index contributed by atoms with van der Waals surface area (Å²) in [7, 11) is -0.991. The Morgan fingerprint density at radius 1 is 1.24 bits per heavy atom. The third-order valence-corrected chi connectivity index (χ3v) is 6.04. The number of likely N-dealkylation sites (N-methyl/N-ethyl adjacent to an activating group) is 1. The predicted molar refractivity (Wildman–Crippen MR) is 106 cm³/mol. The third kappa shape index (κ3) is 4.66. The number of hydrogen-bond acceptors (Lipinski definition) is 7. The molecule has 0 aliphatic carbocycles. The molecule has 0 saturated carbocycles. The van der Waals surface area contributed by atoms with Gasteiger partial charge in [0.15, 0.2) is 11.5 Å². The number of nitrogens with zero attached hydrogens (tertiary/aromatic N) is 2. The largest absolute Gasteiger partial charge is 0.496 e. The maximum atomic E-state index is 12.7. The van der Waals surface area contributed by atoms with Crippen molar-refractivity contribution >= 4 is 22.1 Å². The van der Waals surface area contributed by atoms with E-state index in [1.165, 1.54) is 32.5 Å². The number of amides is 1. The van der Waals surface area contributed by atoms with Crippen LogP contribution in [0.4, 0.5) is 0 Å². The molecule has 0 spiro atoms. The van der Waals surface area contributed by atoms with Crippen molar-refractivity contribution in [3.8, 4) is 17.2 Å². The van der Waals surface area contributed by atoms with Crippen molar-refractivity contribution in [2.75, 3.05) is 27.5 Å². The molecule has 0 radical (unpaired) electrons. The molecule has 9 nitrogen and oxygen atoms in total. The molecule has 3 rings (SSSR count). The molecular weight excluding hydrogens is 398 g/mol. The predicted octanol–water partition coefficient (Wildman–Crippen LogP) is 1.50. The van der Waals surface area contributed by atoms with Crippen LogP contribution >= 0.6 is 0 Å². The van der Waals surface area contributed by atoms with E-state index in [0.717, 1.165) is 4.31 Å². The Balaban J connectivity index is 1.60. The van der Waals surface area contributed by atoms with Gasteiger partial charge in [-0.05, 0) is 54.4 Å². The number of hydrazone groups is 1. The first kappa shape index (κ1) is 20.6. The van der Waals surface area contributed by atoms with E-state index in [2.05, 4.69) is 10.5 Å². The van der Waals surface area contributed by atoms with Crippen molar-refractivity contribution < 1.29 is 27.4 Å². The fourth-order valence-electron chi connectivity index (χ4n) is 2.69. The molecule has 10 heteroatoms. The van der Waals surface area contributed by atoms with Crippen LogP contribution in [0.3, 0.4) is 0 Å². The number of rotatable bonds is 7. The molecule has 0 atom stereocenters. The topological polar surface area (TPSA) is 107 Å². The average molecular weight is 419 g/mol. The Morgan fingerprint density at radius 2 is 2.00 bits per heavy atom. The number of ether oxygens (including phenoxy) is 3. The number of benzene rings is 2. The Morgan fingerprint density at radius 3 is 2.72 bits per heavy atom. The monoisotopic (exact) mass is 419 g/mol. The van der Waals surface area contributed by atoms with Gasteiger partial charge in [0.05, 0.1) is 24.8 Å². The highest BCUT2D eigenvalue weighted by molar-refractivity contribution is 7.89. The Kier molecular flexibility index (Phi) is 6.04. The minimum atomic E-state index is -3.83. The van der Waals surface area contributed by atoms with Gasteiger partial charge in [-0.3, -0.25) is 4.79 Å². The highest BCUT2D eigenvalue weighted by atomic mass is 32.2. The summed E-state index contributed by atoms with van der Waals surface area (Å²) in [5, 5.41) is 3.85. The molecule has 2 aromatic carbocycles. The van der Waals surface area contributed by atoms with Crippen molar-refractivity contribution in [2.24, 2.45) is 5.10 Å². The summed E-state index contributed by atoms with van der Waals surface area (Å²) < 4.78 is 41.9. The van der Waals surface area contributed by atoms with Crippen LogP contribution < -0.4 is 19.6 Å². The Hall–Kier alpha value is -3.11. The quantitative estimate of drug-likeness (QED) is 0.539. The fraction of sp³-hybridized carbons (Fsp3) is 0.263. The van der Waals surface area contributed by atoms with E-state index in [4.69, 9.17) is 14.2 Å². The van der Waals surface area contributed by atoms with Crippen LogP contribution in [0.25, 0.3) is 0 Å². The van der Waals surface area contributed by atoms with Gasteiger partial charge >= 0.3 is 0 Å². The summed E-state index contributed by atoms with van der Waals surface area (Å²) in [5.41, 5.74) is 3.69. The summed E-state index contributed by atoms with van der Waals surface area (Å²) in [6.45, 7) is 1.53. The van der Waals surface area contributed by atoms with E-state index in [-0.39, 0.29) is 18.2 Å². The number of carbonyl (C=O) groups excluding carboxylic acids is 1. The molecule has 0 unspecified atom stereocenters. The molecule has 0 saturated heterocycles. The standard InChI is InChI=1S/C19H21N3O6S/c1-13-8-15(5-7-16(13)26-3)29(24,25)22(2)11-19(23)21-20-10-14-4-6-17-18(9-14)28-12-27-17/h4-10H,11-12H2,1-3H3,(H,21,23)/b20-10+. The number of aryl methyl sites for hydroxylation is 1. The second-order valence-electron chi connectivity index (χ2n) is 6.30. The van der Waals surface area contributed by atoms with Crippen molar-refractivity contribution in [3.05, 3.63) is 47.5 Å². The summed E-state index contributed by atoms with van der Waals surface area (Å²) in [4.78, 5) is 12.2. The van der Waals surface area contributed by atoms with E-state index in [0.29, 0.717) is 28.4 Å². The lowest BCUT2D eigenvalue weighted by molar-refractivity contribution is -0.121. The van der Waals surface area contributed by atoms with Crippen LogP contribution in [0.2, 0.25) is 0 Å². The van der Waals surface area contributed by atoms with Crippen LogP contribution in [0, 0.1) is 6.92 Å². The van der Waals surface area contributed by atoms with Crippen LogP contribution in [0.15, 0.2) is 46.4 Å². The lowest BCUT2D eigenvalue weighted by atomic mass is 10.2. The highest BCUT2D eigenvalue weighted by Gasteiger charge is 2.23. The van der Waals surface area contributed by atoms with Gasteiger partial charge in [0, 0.05) is 7.05 Å². The zero-order valence-corrected chi connectivity index (χ0v) is 17.0. The molecular formula is C19H21N3O6S. The second kappa shape index (κ2) is 8.50. The number of fused-ring (bicyclic) bond motifs is 1. The highest BCUT2D eigenvalue weighted by Crippen LogP contribution is 2.32. The van der Waals surface area contributed by atoms with Gasteiger partial charge in [0.1, 0.15) is 5.75 Å². The molecule has 0 bridgehead atoms. The fourth-order valence-corrected chi connectivity index (χ4v) is 3.90. The minimum absolute atomic E-state index is 0.0787. The van der Waals surface area contributed by atoms with Crippen LogP contribution in [-0.4, -0.2) is 52.3 Å². The molecule has 1 aliphatic rings. The van der Waals surface area contributed by atoms with Gasteiger partial charge in [-0.2, -0.15) is 9.41 Å². The molecule has 0 aromatic heterocycles. The maximum absolute atomic E-state index is 12.7. The summed E-state index contributed by atoms with van der Waals surface area (Å²) in [5.74, 6) is 1.26. The third-order valence-electron chi connectivity index (χ3n) is 4.24. The molecule has 0 fully saturated rings. The molecule has 1 N–H and O–H groups in total. The Labute approximate surface area is 168 Å². The van der Waals surface area contributed by atoms with E-state index in [1.54, 1.807) is 31.2 Å². The number of carbonyl (C=O) groups is 1. The zero-order chi connectivity index (χ0) is 21.0. The normalized spacial score (nSPS) is 13.1. The SMILES string of the molecule is COc1ccc(S(=O)(=O)N(C)CC(=O)N/N=C/c2ccc3c(c2)OCO3)cc1C. The van der Waals surface area contributed by atoms with Crippen molar-refractivity contribution in [1.82, 2.24) is 9.73 Å². The first-order valence-corrected chi connectivity index (χ1v) is 10.1.